The summed E-state index contributed by atoms with van der Waals surface area (Å²) in [4.78, 5) is 13.9. The maximum absolute atomic E-state index is 11.9. The largest absolute Gasteiger partial charge is 0.375 e. The summed E-state index contributed by atoms with van der Waals surface area (Å²) in [6.45, 7) is 10.9. The van der Waals surface area contributed by atoms with Crippen LogP contribution in [0, 0.1) is 0 Å². The first-order valence-corrected chi connectivity index (χ1v) is 7.40. The van der Waals surface area contributed by atoms with Crippen LogP contribution in [0.25, 0.3) is 0 Å². The van der Waals surface area contributed by atoms with Crippen LogP contribution in [-0.2, 0) is 9.53 Å². The molecule has 0 spiro atoms. The van der Waals surface area contributed by atoms with E-state index in [9.17, 15) is 4.79 Å². The molecule has 0 radical (unpaired) electrons. The Balaban J connectivity index is 2.16. The van der Waals surface area contributed by atoms with E-state index in [4.69, 9.17) is 4.74 Å². The number of nitrogens with zero attached hydrogens (tertiary/aromatic N) is 1. The van der Waals surface area contributed by atoms with Crippen LogP contribution in [0.4, 0.5) is 0 Å². The monoisotopic (exact) mass is 259 g/mol. The number of ether oxygens (including phenoxy) is 1. The van der Waals surface area contributed by atoms with Crippen molar-refractivity contribution in [2.45, 2.75) is 51.4 Å². The Bertz CT molecular complexity index is 250. The summed E-state index contributed by atoms with van der Waals surface area (Å²) in [5, 5.41) is 0. The van der Waals surface area contributed by atoms with Gasteiger partial charge in [-0.15, -0.1) is 0 Å². The molecule has 1 aliphatic rings. The molecule has 0 aromatic rings. The van der Waals surface area contributed by atoms with E-state index in [1.807, 2.05) is 23.6 Å². The molecule has 1 aliphatic heterocycles. The van der Waals surface area contributed by atoms with Crippen molar-refractivity contribution in [3.63, 3.8) is 0 Å². The molecule has 100 valence electrons. The van der Waals surface area contributed by atoms with Crippen LogP contribution >= 0.6 is 11.8 Å². The predicted molar refractivity (Wildman–Crippen MR) is 73.4 cm³/mol. The molecule has 0 aliphatic carbocycles. The van der Waals surface area contributed by atoms with E-state index >= 15 is 0 Å². The van der Waals surface area contributed by atoms with Crippen molar-refractivity contribution in [1.82, 2.24) is 4.90 Å². The Morgan fingerprint density at radius 3 is 2.76 bits per heavy atom. The van der Waals surface area contributed by atoms with Crippen molar-refractivity contribution < 1.29 is 9.53 Å². The lowest BCUT2D eigenvalue weighted by atomic mass is 10.2. The molecule has 4 heteroatoms. The van der Waals surface area contributed by atoms with Gasteiger partial charge >= 0.3 is 0 Å². The van der Waals surface area contributed by atoms with Gasteiger partial charge in [0, 0.05) is 24.3 Å². The molecule has 0 saturated carbocycles. The molecule has 0 unspecified atom stereocenters. The zero-order valence-electron chi connectivity index (χ0n) is 11.5. The summed E-state index contributed by atoms with van der Waals surface area (Å²) in [5.74, 6) is 1.35. The zero-order chi connectivity index (χ0) is 12.9. The van der Waals surface area contributed by atoms with E-state index in [0.29, 0.717) is 17.8 Å². The van der Waals surface area contributed by atoms with Crippen LogP contribution in [0.2, 0.25) is 0 Å². The van der Waals surface area contributed by atoms with E-state index < -0.39 is 0 Å². The highest BCUT2D eigenvalue weighted by atomic mass is 32.2. The summed E-state index contributed by atoms with van der Waals surface area (Å²) in [5.41, 5.74) is 0. The van der Waals surface area contributed by atoms with Crippen LogP contribution in [-0.4, -0.2) is 47.1 Å². The van der Waals surface area contributed by atoms with Gasteiger partial charge in [0.15, 0.2) is 0 Å². The summed E-state index contributed by atoms with van der Waals surface area (Å²) < 4.78 is 5.73. The summed E-state index contributed by atoms with van der Waals surface area (Å²) >= 11 is 1.93. The zero-order valence-corrected chi connectivity index (χ0v) is 12.3. The van der Waals surface area contributed by atoms with Crippen LogP contribution in [0.3, 0.4) is 0 Å². The molecule has 1 rings (SSSR count). The lowest BCUT2D eigenvalue weighted by molar-refractivity contribution is -0.138. The maximum atomic E-state index is 11.9. The molecule has 1 fully saturated rings. The molecule has 0 aromatic carbocycles. The van der Waals surface area contributed by atoms with Crippen LogP contribution in [0.1, 0.15) is 40.5 Å². The molecule has 0 N–H and O–H groups in total. The predicted octanol–water partition coefficient (Wildman–Crippen LogP) is 2.55. The number of carbonyl (C=O) groups is 1. The molecule has 0 aromatic heterocycles. The Morgan fingerprint density at radius 2 is 2.18 bits per heavy atom. The van der Waals surface area contributed by atoms with E-state index in [1.165, 1.54) is 0 Å². The minimum Gasteiger partial charge on any atom is -0.375 e. The number of hydrogen-bond acceptors (Lipinski definition) is 3. The van der Waals surface area contributed by atoms with Gasteiger partial charge in [0.25, 0.3) is 0 Å². The molecular weight excluding hydrogens is 234 g/mol. The van der Waals surface area contributed by atoms with E-state index in [2.05, 4.69) is 20.8 Å². The summed E-state index contributed by atoms with van der Waals surface area (Å²) in [7, 11) is 0. The third-order valence-electron chi connectivity index (χ3n) is 2.66. The fourth-order valence-corrected chi connectivity index (χ4v) is 2.71. The first kappa shape index (κ1) is 14.8. The SMILES string of the molecule is C[C@@H]1CN(C(=O)CCCSC(C)(C)C)CCO1. The van der Waals surface area contributed by atoms with Gasteiger partial charge in [0.2, 0.25) is 5.91 Å². The number of amides is 1. The first-order chi connectivity index (χ1) is 7.88. The van der Waals surface area contributed by atoms with Crippen molar-refractivity contribution >= 4 is 17.7 Å². The smallest absolute Gasteiger partial charge is 0.222 e. The highest BCUT2D eigenvalue weighted by Crippen LogP contribution is 2.24. The third kappa shape index (κ3) is 6.32. The van der Waals surface area contributed by atoms with Gasteiger partial charge in [-0.25, -0.2) is 0 Å². The van der Waals surface area contributed by atoms with Crippen LogP contribution < -0.4 is 0 Å². The van der Waals surface area contributed by atoms with Gasteiger partial charge in [-0.1, -0.05) is 20.8 Å². The average molecular weight is 259 g/mol. The first-order valence-electron chi connectivity index (χ1n) is 6.42. The van der Waals surface area contributed by atoms with Gasteiger partial charge < -0.3 is 9.64 Å². The molecular formula is C13H25NO2S. The van der Waals surface area contributed by atoms with Crippen molar-refractivity contribution in [2.24, 2.45) is 0 Å². The number of rotatable bonds is 4. The van der Waals surface area contributed by atoms with E-state index in [0.717, 1.165) is 25.3 Å². The molecule has 0 bridgehead atoms. The van der Waals surface area contributed by atoms with Gasteiger partial charge in [0.1, 0.15) is 0 Å². The lowest BCUT2D eigenvalue weighted by Gasteiger charge is -2.31. The number of hydrogen-bond donors (Lipinski definition) is 0. The summed E-state index contributed by atoms with van der Waals surface area (Å²) in [6.07, 6.45) is 1.85. The lowest BCUT2D eigenvalue weighted by Crippen LogP contribution is -2.44. The third-order valence-corrected chi connectivity index (χ3v) is 4.02. The van der Waals surface area contributed by atoms with Gasteiger partial charge in [0.05, 0.1) is 12.7 Å². The van der Waals surface area contributed by atoms with Crippen LogP contribution in [0.5, 0.6) is 0 Å². The summed E-state index contributed by atoms with van der Waals surface area (Å²) in [6, 6.07) is 0. The van der Waals surface area contributed by atoms with E-state index in [-0.39, 0.29) is 12.0 Å². The van der Waals surface area contributed by atoms with Gasteiger partial charge in [-0.2, -0.15) is 11.8 Å². The second-order valence-corrected chi connectivity index (χ2v) is 7.51. The average Bonchev–Trinajstić information content (AvgIpc) is 2.23. The molecule has 1 saturated heterocycles. The molecule has 17 heavy (non-hydrogen) atoms. The normalized spacial score (nSPS) is 21.6. The minimum atomic E-state index is 0.191. The molecule has 1 atom stereocenters. The molecule has 3 nitrogen and oxygen atoms in total. The van der Waals surface area contributed by atoms with Crippen molar-refractivity contribution in [2.75, 3.05) is 25.4 Å². The second-order valence-electron chi connectivity index (χ2n) is 5.59. The minimum absolute atomic E-state index is 0.191. The Kier molecular flexibility index (Phi) is 5.80. The molecule has 1 heterocycles. The van der Waals surface area contributed by atoms with Gasteiger partial charge in [-0.05, 0) is 19.1 Å². The van der Waals surface area contributed by atoms with Crippen molar-refractivity contribution in [3.05, 3.63) is 0 Å². The second kappa shape index (κ2) is 6.64. The Hall–Kier alpha value is -0.220. The highest BCUT2D eigenvalue weighted by Gasteiger charge is 2.20. The van der Waals surface area contributed by atoms with Crippen LogP contribution in [0.15, 0.2) is 0 Å². The quantitative estimate of drug-likeness (QED) is 0.727. The number of carbonyl (C=O) groups excluding carboxylic acids is 1. The van der Waals surface area contributed by atoms with Crippen molar-refractivity contribution in [3.8, 4) is 0 Å². The number of thioether (sulfide) groups is 1. The highest BCUT2D eigenvalue weighted by molar-refractivity contribution is 8.00. The Morgan fingerprint density at radius 1 is 1.47 bits per heavy atom. The van der Waals surface area contributed by atoms with Crippen molar-refractivity contribution in [1.29, 1.82) is 0 Å². The fourth-order valence-electron chi connectivity index (χ4n) is 1.80. The fraction of sp³-hybridized carbons (Fsp3) is 0.923. The number of morpholine rings is 1. The Labute approximate surface area is 109 Å². The van der Waals surface area contributed by atoms with E-state index in [1.54, 1.807) is 0 Å². The molecule has 1 amide bonds. The standard InChI is InChI=1S/C13H25NO2S/c1-11-10-14(7-8-16-11)12(15)6-5-9-17-13(2,3)4/h11H,5-10H2,1-4H3/t11-/m1/s1. The topological polar surface area (TPSA) is 29.5 Å². The maximum Gasteiger partial charge on any atom is 0.222 e. The van der Waals surface area contributed by atoms with Gasteiger partial charge in [-0.3, -0.25) is 4.79 Å².